The normalized spacial score (nSPS) is 12.7. The quantitative estimate of drug-likeness (QED) is 0.432. The van der Waals surface area contributed by atoms with Crippen LogP contribution in [-0.4, -0.2) is 19.1 Å². The average Bonchev–Trinajstić information content (AvgIpc) is 3.31. The number of fused-ring (bicyclic) bond motifs is 7. The summed E-state index contributed by atoms with van der Waals surface area (Å²) >= 11 is 0. The van der Waals surface area contributed by atoms with Gasteiger partial charge in [-0.2, -0.15) is 4.57 Å². The van der Waals surface area contributed by atoms with Gasteiger partial charge in [0.05, 0.1) is 11.1 Å². The van der Waals surface area contributed by atoms with Crippen molar-refractivity contribution in [1.29, 1.82) is 0 Å². The third-order valence-electron chi connectivity index (χ3n) is 5.35. The topological polar surface area (TPSA) is 39.5 Å². The van der Waals surface area contributed by atoms with E-state index in [9.17, 15) is 0 Å². The minimum absolute atomic E-state index is 0.846. The Morgan fingerprint density at radius 3 is 2.77 bits per heavy atom. The molecule has 5 aromatic rings. The van der Waals surface area contributed by atoms with E-state index in [1.165, 1.54) is 22.5 Å². The van der Waals surface area contributed by atoms with Gasteiger partial charge in [0.15, 0.2) is 0 Å². The first-order valence-corrected chi connectivity index (χ1v) is 8.71. The molecule has 0 fully saturated rings. The fraction of sp³-hybridized carbons (Fsp3) is 0.0952. The van der Waals surface area contributed by atoms with Gasteiger partial charge in [0, 0.05) is 31.2 Å². The van der Waals surface area contributed by atoms with E-state index in [1.54, 1.807) is 0 Å². The minimum Gasteiger partial charge on any atom is -0.306 e. The van der Waals surface area contributed by atoms with Crippen molar-refractivity contribution in [2.45, 2.75) is 6.54 Å². The highest BCUT2D eigenvalue weighted by molar-refractivity contribution is 6.01. The Morgan fingerprint density at radius 1 is 1.00 bits per heavy atom. The van der Waals surface area contributed by atoms with Crippen molar-refractivity contribution in [2.75, 3.05) is 0 Å². The van der Waals surface area contributed by atoms with Crippen molar-refractivity contribution in [1.82, 2.24) is 19.1 Å². The molecule has 0 radical (unpaired) electrons. The summed E-state index contributed by atoms with van der Waals surface area (Å²) < 4.78 is 6.96. The molecule has 4 aromatic heterocycles. The number of rotatable bonds is 1. The number of aryl methyl sites for hydroxylation is 1. The smallest absolute Gasteiger partial charge is 0.298 e. The highest BCUT2D eigenvalue weighted by Crippen LogP contribution is 2.36. The van der Waals surface area contributed by atoms with Gasteiger partial charge in [-0.25, -0.2) is 9.55 Å². The summed E-state index contributed by atoms with van der Waals surface area (Å²) in [6, 6.07) is 16.8. The van der Waals surface area contributed by atoms with Crippen LogP contribution in [0.1, 0.15) is 5.56 Å². The third kappa shape index (κ3) is 1.57. The molecule has 0 bridgehead atoms. The van der Waals surface area contributed by atoms with Crippen LogP contribution < -0.4 is 4.57 Å². The molecule has 0 saturated heterocycles. The maximum absolute atomic E-state index is 4.71. The molecule has 5 heteroatoms. The first-order valence-electron chi connectivity index (χ1n) is 8.71. The zero-order valence-electron chi connectivity index (χ0n) is 14.3. The molecular weight excluding hydrogens is 322 g/mol. The van der Waals surface area contributed by atoms with Gasteiger partial charge in [0.2, 0.25) is 5.52 Å². The average molecular weight is 338 g/mol. The van der Waals surface area contributed by atoms with Gasteiger partial charge in [0.25, 0.3) is 11.5 Å². The van der Waals surface area contributed by atoms with Gasteiger partial charge in [-0.1, -0.05) is 18.2 Å². The Labute approximate surface area is 149 Å². The second-order valence-electron chi connectivity index (χ2n) is 6.72. The number of aromatic nitrogens is 5. The second-order valence-corrected chi connectivity index (χ2v) is 6.72. The molecule has 0 aliphatic carbocycles. The summed E-state index contributed by atoms with van der Waals surface area (Å²) in [6.45, 7) is 0.846. The fourth-order valence-electron chi connectivity index (χ4n) is 4.23. The van der Waals surface area contributed by atoms with Gasteiger partial charge < -0.3 is 4.57 Å². The van der Waals surface area contributed by atoms with Crippen molar-refractivity contribution >= 4 is 22.2 Å². The number of benzene rings is 1. The highest BCUT2D eigenvalue weighted by Gasteiger charge is 2.38. The molecule has 1 aromatic carbocycles. The lowest BCUT2D eigenvalue weighted by Crippen LogP contribution is -2.31. The molecule has 0 saturated carbocycles. The minimum atomic E-state index is 0.846. The van der Waals surface area contributed by atoms with Crippen LogP contribution >= 0.6 is 0 Å². The molecule has 0 spiro atoms. The first-order chi connectivity index (χ1) is 12.8. The Bertz CT molecular complexity index is 1310. The van der Waals surface area contributed by atoms with Crippen molar-refractivity contribution in [3.05, 3.63) is 72.7 Å². The Hall–Kier alpha value is -3.47. The number of nitrogens with zero attached hydrogens (tertiary/aromatic N) is 5. The molecule has 5 nitrogen and oxygen atoms in total. The summed E-state index contributed by atoms with van der Waals surface area (Å²) in [5, 5.41) is 0. The number of imidazole rings is 1. The Morgan fingerprint density at radius 2 is 1.88 bits per heavy atom. The lowest BCUT2D eigenvalue weighted by molar-refractivity contribution is -0.645. The largest absolute Gasteiger partial charge is 0.306 e. The lowest BCUT2D eigenvalue weighted by Gasteiger charge is -2.03. The van der Waals surface area contributed by atoms with E-state index in [4.69, 9.17) is 4.98 Å². The summed E-state index contributed by atoms with van der Waals surface area (Å²) in [6.07, 6.45) is 5.72. The predicted octanol–water partition coefficient (Wildman–Crippen LogP) is 3.23. The van der Waals surface area contributed by atoms with Crippen LogP contribution in [0.4, 0.5) is 0 Å². The number of pyridine rings is 2. The van der Waals surface area contributed by atoms with E-state index in [2.05, 4.69) is 68.2 Å². The molecule has 6 rings (SSSR count). The maximum atomic E-state index is 4.71. The zero-order chi connectivity index (χ0) is 17.3. The Kier molecular flexibility index (Phi) is 2.54. The molecule has 0 N–H and O–H groups in total. The van der Waals surface area contributed by atoms with Gasteiger partial charge in [0.1, 0.15) is 17.7 Å². The molecule has 1 aliphatic rings. The lowest BCUT2D eigenvalue weighted by atomic mass is 10.2. The van der Waals surface area contributed by atoms with Crippen molar-refractivity contribution in [3.8, 4) is 17.1 Å². The standard InChI is InChI=1S/C21H16N5/c1-24-17-8-5-10-23-18(17)19-21(24)26(15-6-3-2-4-7-15)20-16-12-22-11-9-14(16)13-25(19)20/h2-12H,13H2,1H3/q+1. The first kappa shape index (κ1) is 13.8. The molecule has 0 amide bonds. The van der Waals surface area contributed by atoms with Gasteiger partial charge in [-0.3, -0.25) is 4.98 Å². The van der Waals surface area contributed by atoms with Crippen molar-refractivity contribution in [3.63, 3.8) is 0 Å². The molecular formula is C21H16N5+. The van der Waals surface area contributed by atoms with Crippen LogP contribution in [0.15, 0.2) is 67.1 Å². The van der Waals surface area contributed by atoms with E-state index in [0.29, 0.717) is 0 Å². The monoisotopic (exact) mass is 338 g/mol. The zero-order valence-corrected chi connectivity index (χ0v) is 14.3. The van der Waals surface area contributed by atoms with Crippen LogP contribution in [0.25, 0.3) is 39.3 Å². The van der Waals surface area contributed by atoms with Gasteiger partial charge >= 0.3 is 0 Å². The van der Waals surface area contributed by atoms with E-state index < -0.39 is 0 Å². The second kappa shape index (κ2) is 4.79. The summed E-state index contributed by atoms with van der Waals surface area (Å²) in [4.78, 5) is 9.09. The summed E-state index contributed by atoms with van der Waals surface area (Å²) in [7, 11) is 2.12. The van der Waals surface area contributed by atoms with Crippen LogP contribution in [0.2, 0.25) is 0 Å². The number of hydrogen-bond acceptors (Lipinski definition) is 2. The van der Waals surface area contributed by atoms with Crippen molar-refractivity contribution < 1.29 is 4.57 Å². The molecule has 124 valence electrons. The summed E-state index contributed by atoms with van der Waals surface area (Å²) in [5.74, 6) is 1.17. The predicted molar refractivity (Wildman–Crippen MR) is 100 cm³/mol. The molecule has 26 heavy (non-hydrogen) atoms. The van der Waals surface area contributed by atoms with Crippen LogP contribution in [-0.2, 0) is 13.6 Å². The SMILES string of the molecule is Cn1c2cccnc2c2c1n(-c1ccccc1)c1[n+]2Cc2ccncc2-1. The van der Waals surface area contributed by atoms with E-state index in [-0.39, 0.29) is 0 Å². The molecule has 1 aliphatic heterocycles. The van der Waals surface area contributed by atoms with Crippen molar-refractivity contribution in [2.24, 2.45) is 7.05 Å². The van der Waals surface area contributed by atoms with Gasteiger partial charge in [-0.05, 0) is 30.3 Å². The van der Waals surface area contributed by atoms with Crippen LogP contribution in [0.3, 0.4) is 0 Å². The maximum Gasteiger partial charge on any atom is 0.298 e. The van der Waals surface area contributed by atoms with Crippen LogP contribution in [0, 0.1) is 0 Å². The van der Waals surface area contributed by atoms with E-state index in [1.807, 2.05) is 24.7 Å². The molecule has 5 heterocycles. The third-order valence-corrected chi connectivity index (χ3v) is 5.35. The fourth-order valence-corrected chi connectivity index (χ4v) is 4.23. The molecule has 0 unspecified atom stereocenters. The Balaban J connectivity index is 1.87. The highest BCUT2D eigenvalue weighted by atomic mass is 15.3. The summed E-state index contributed by atoms with van der Waals surface area (Å²) in [5.41, 5.74) is 8.17. The van der Waals surface area contributed by atoms with Crippen LogP contribution in [0.5, 0.6) is 0 Å². The number of hydrogen-bond donors (Lipinski definition) is 0. The van der Waals surface area contributed by atoms with Gasteiger partial charge in [-0.15, -0.1) is 0 Å². The number of para-hydroxylation sites is 1. The van der Waals surface area contributed by atoms with E-state index >= 15 is 0 Å². The van der Waals surface area contributed by atoms with E-state index in [0.717, 1.165) is 28.9 Å². The molecule has 0 atom stereocenters.